The van der Waals surface area contributed by atoms with Gasteiger partial charge in [-0.2, -0.15) is 10.2 Å². The van der Waals surface area contributed by atoms with Crippen LogP contribution in [0.1, 0.15) is 46.3 Å². The number of hydrogen-bond acceptors (Lipinski definition) is 3. The van der Waals surface area contributed by atoms with Crippen molar-refractivity contribution in [2.45, 2.75) is 32.7 Å². The lowest BCUT2D eigenvalue weighted by Gasteiger charge is -2.25. The Labute approximate surface area is 159 Å². The van der Waals surface area contributed by atoms with Gasteiger partial charge >= 0.3 is 0 Å². The number of likely N-dealkylation sites (tertiary alicyclic amines) is 1. The Morgan fingerprint density at radius 1 is 1.07 bits per heavy atom. The summed E-state index contributed by atoms with van der Waals surface area (Å²) in [6.45, 7) is 4.78. The SMILES string of the molecule is Cc1nn(C)c(C)c1-c1cc(C(=O)N2CCC[C@@H]2c2ccccc2)n(C)n1. The minimum absolute atomic E-state index is 0.0433. The first-order chi connectivity index (χ1) is 13.0. The highest BCUT2D eigenvalue weighted by atomic mass is 16.2. The van der Waals surface area contributed by atoms with Crippen LogP contribution < -0.4 is 0 Å². The van der Waals surface area contributed by atoms with Crippen molar-refractivity contribution in [3.05, 3.63) is 59.0 Å². The average Bonchev–Trinajstić information content (AvgIpc) is 3.34. The summed E-state index contributed by atoms with van der Waals surface area (Å²) < 4.78 is 3.55. The lowest BCUT2D eigenvalue weighted by molar-refractivity contribution is 0.0724. The molecular weight excluding hydrogens is 338 g/mol. The van der Waals surface area contributed by atoms with E-state index in [0.29, 0.717) is 5.69 Å². The van der Waals surface area contributed by atoms with Crippen LogP contribution in [0, 0.1) is 13.8 Å². The van der Waals surface area contributed by atoms with Gasteiger partial charge in [0.1, 0.15) is 5.69 Å². The zero-order valence-corrected chi connectivity index (χ0v) is 16.3. The summed E-state index contributed by atoms with van der Waals surface area (Å²) in [6, 6.07) is 12.3. The normalized spacial score (nSPS) is 16.9. The van der Waals surface area contributed by atoms with Crippen molar-refractivity contribution in [2.75, 3.05) is 6.54 Å². The summed E-state index contributed by atoms with van der Waals surface area (Å²) >= 11 is 0. The number of nitrogens with zero attached hydrogens (tertiary/aromatic N) is 5. The van der Waals surface area contributed by atoms with Crippen LogP contribution in [0.5, 0.6) is 0 Å². The fraction of sp³-hybridized carbons (Fsp3) is 0.381. The number of benzene rings is 1. The molecule has 2 aromatic heterocycles. The molecule has 0 bridgehead atoms. The number of carbonyl (C=O) groups excluding carboxylic acids is 1. The lowest BCUT2D eigenvalue weighted by Crippen LogP contribution is -2.31. The van der Waals surface area contributed by atoms with Gasteiger partial charge in [0, 0.05) is 31.9 Å². The molecule has 0 unspecified atom stereocenters. The van der Waals surface area contributed by atoms with Gasteiger partial charge in [0.25, 0.3) is 5.91 Å². The molecule has 1 aliphatic heterocycles. The second-order valence-corrected chi connectivity index (χ2v) is 7.28. The molecule has 0 radical (unpaired) electrons. The number of rotatable bonds is 3. The molecule has 0 N–H and O–H groups in total. The molecule has 6 nitrogen and oxygen atoms in total. The summed E-state index contributed by atoms with van der Waals surface area (Å²) in [5.74, 6) is 0.0433. The Hall–Kier alpha value is -2.89. The second kappa shape index (κ2) is 6.68. The molecular formula is C21H25N5O. The predicted octanol–water partition coefficient (Wildman–Crippen LogP) is 3.41. The van der Waals surface area contributed by atoms with Crippen LogP contribution in [0.25, 0.3) is 11.3 Å². The van der Waals surface area contributed by atoms with E-state index < -0.39 is 0 Å². The number of hydrogen-bond donors (Lipinski definition) is 0. The van der Waals surface area contributed by atoms with Gasteiger partial charge in [-0.3, -0.25) is 14.2 Å². The van der Waals surface area contributed by atoms with Gasteiger partial charge in [0.15, 0.2) is 0 Å². The molecule has 0 spiro atoms. The molecule has 0 aliphatic carbocycles. The maximum absolute atomic E-state index is 13.3. The van der Waals surface area contributed by atoms with Crippen LogP contribution in [0.4, 0.5) is 0 Å². The van der Waals surface area contributed by atoms with Gasteiger partial charge in [0.2, 0.25) is 0 Å². The minimum atomic E-state index is 0.0433. The topological polar surface area (TPSA) is 56.0 Å². The van der Waals surface area contributed by atoms with Crippen molar-refractivity contribution in [3.8, 4) is 11.3 Å². The van der Waals surface area contributed by atoms with E-state index in [-0.39, 0.29) is 11.9 Å². The molecule has 1 amide bonds. The Morgan fingerprint density at radius 3 is 2.48 bits per heavy atom. The zero-order valence-electron chi connectivity index (χ0n) is 16.3. The summed E-state index contributed by atoms with van der Waals surface area (Å²) in [6.07, 6.45) is 2.03. The Morgan fingerprint density at radius 2 is 1.81 bits per heavy atom. The molecule has 1 atom stereocenters. The van der Waals surface area contributed by atoms with Crippen molar-refractivity contribution >= 4 is 5.91 Å². The van der Waals surface area contributed by atoms with Crippen molar-refractivity contribution in [1.29, 1.82) is 0 Å². The van der Waals surface area contributed by atoms with Gasteiger partial charge in [0.05, 0.1) is 17.4 Å². The van der Waals surface area contributed by atoms with Crippen molar-refractivity contribution in [1.82, 2.24) is 24.5 Å². The van der Waals surface area contributed by atoms with E-state index in [1.165, 1.54) is 5.56 Å². The first-order valence-electron chi connectivity index (χ1n) is 9.38. The lowest BCUT2D eigenvalue weighted by atomic mass is 10.0. The van der Waals surface area contributed by atoms with E-state index in [1.54, 1.807) is 4.68 Å². The Kier molecular flexibility index (Phi) is 4.34. The third-order valence-corrected chi connectivity index (χ3v) is 5.56. The molecule has 3 heterocycles. The van der Waals surface area contributed by atoms with E-state index in [9.17, 15) is 4.79 Å². The first kappa shape index (κ1) is 17.5. The number of carbonyl (C=O) groups is 1. The van der Waals surface area contributed by atoms with Gasteiger partial charge < -0.3 is 4.90 Å². The van der Waals surface area contributed by atoms with Crippen LogP contribution in [0.2, 0.25) is 0 Å². The van der Waals surface area contributed by atoms with E-state index in [2.05, 4.69) is 22.3 Å². The fourth-order valence-corrected chi connectivity index (χ4v) is 4.11. The van der Waals surface area contributed by atoms with E-state index in [1.807, 2.05) is 61.8 Å². The Balaban J connectivity index is 1.68. The quantitative estimate of drug-likeness (QED) is 0.716. The monoisotopic (exact) mass is 363 g/mol. The highest BCUT2D eigenvalue weighted by Gasteiger charge is 2.32. The van der Waals surface area contributed by atoms with Gasteiger partial charge in [-0.25, -0.2) is 0 Å². The summed E-state index contributed by atoms with van der Waals surface area (Å²) in [5.41, 5.74) is 5.61. The van der Waals surface area contributed by atoms with Crippen LogP contribution in [0.15, 0.2) is 36.4 Å². The van der Waals surface area contributed by atoms with Crippen LogP contribution in [0.3, 0.4) is 0 Å². The molecule has 1 fully saturated rings. The van der Waals surface area contributed by atoms with E-state index in [4.69, 9.17) is 0 Å². The summed E-state index contributed by atoms with van der Waals surface area (Å²) in [5, 5.41) is 9.09. The third-order valence-electron chi connectivity index (χ3n) is 5.56. The van der Waals surface area contributed by atoms with E-state index >= 15 is 0 Å². The maximum Gasteiger partial charge on any atom is 0.272 e. The number of aromatic nitrogens is 4. The number of aryl methyl sites for hydroxylation is 3. The third kappa shape index (κ3) is 2.95. The van der Waals surface area contributed by atoms with Crippen molar-refractivity contribution in [3.63, 3.8) is 0 Å². The summed E-state index contributed by atoms with van der Waals surface area (Å²) in [4.78, 5) is 15.3. The standard InChI is InChI=1S/C21H25N5O/c1-14-20(15(2)24(3)22-14)17-13-19(25(4)23-17)21(27)26-12-8-11-18(26)16-9-6-5-7-10-16/h5-7,9-10,13,18H,8,11-12H2,1-4H3/t18-/m1/s1. The molecule has 1 saturated heterocycles. The molecule has 3 aromatic rings. The highest BCUT2D eigenvalue weighted by molar-refractivity contribution is 5.94. The molecule has 140 valence electrons. The number of amides is 1. The van der Waals surface area contributed by atoms with Crippen LogP contribution in [-0.2, 0) is 14.1 Å². The van der Waals surface area contributed by atoms with Crippen molar-refractivity contribution in [2.24, 2.45) is 14.1 Å². The molecule has 1 aliphatic rings. The van der Waals surface area contributed by atoms with E-state index in [0.717, 1.165) is 42.0 Å². The zero-order chi connectivity index (χ0) is 19.1. The van der Waals surface area contributed by atoms with Gasteiger partial charge in [-0.1, -0.05) is 30.3 Å². The van der Waals surface area contributed by atoms with Crippen molar-refractivity contribution < 1.29 is 4.79 Å². The van der Waals surface area contributed by atoms with Gasteiger partial charge in [-0.15, -0.1) is 0 Å². The minimum Gasteiger partial charge on any atom is -0.330 e. The Bertz CT molecular complexity index is 986. The fourth-order valence-electron chi connectivity index (χ4n) is 4.11. The molecule has 1 aromatic carbocycles. The van der Waals surface area contributed by atoms with Crippen LogP contribution >= 0.6 is 0 Å². The second-order valence-electron chi connectivity index (χ2n) is 7.28. The highest BCUT2D eigenvalue weighted by Crippen LogP contribution is 2.34. The predicted molar refractivity (Wildman–Crippen MR) is 104 cm³/mol. The van der Waals surface area contributed by atoms with Gasteiger partial charge in [-0.05, 0) is 38.3 Å². The largest absolute Gasteiger partial charge is 0.330 e. The summed E-state index contributed by atoms with van der Waals surface area (Å²) in [7, 11) is 3.76. The smallest absolute Gasteiger partial charge is 0.272 e. The molecule has 4 rings (SSSR count). The first-order valence-corrected chi connectivity index (χ1v) is 9.38. The maximum atomic E-state index is 13.3. The molecule has 6 heteroatoms. The molecule has 27 heavy (non-hydrogen) atoms. The molecule has 0 saturated carbocycles. The average molecular weight is 363 g/mol. The van der Waals surface area contributed by atoms with Crippen LogP contribution in [-0.4, -0.2) is 36.9 Å².